The van der Waals surface area contributed by atoms with E-state index in [1.54, 1.807) is 6.92 Å². The van der Waals surface area contributed by atoms with Crippen LogP contribution in [0.2, 0.25) is 0 Å². The van der Waals surface area contributed by atoms with Crippen molar-refractivity contribution in [2.45, 2.75) is 24.8 Å². The zero-order valence-electron chi connectivity index (χ0n) is 6.00. The Balaban J connectivity index is 3.69. The van der Waals surface area contributed by atoms with E-state index in [4.69, 9.17) is 9.84 Å². The van der Waals surface area contributed by atoms with Gasteiger partial charge in [-0.2, -0.15) is 0 Å². The molecule has 0 spiro atoms. The van der Waals surface area contributed by atoms with Crippen molar-refractivity contribution >= 4 is 21.9 Å². The van der Waals surface area contributed by atoms with Crippen LogP contribution in [0.15, 0.2) is 0 Å². The molecule has 0 saturated heterocycles. The van der Waals surface area contributed by atoms with Crippen LogP contribution in [0.5, 0.6) is 0 Å². The van der Waals surface area contributed by atoms with E-state index in [1.165, 1.54) is 0 Å². The molecule has 0 aromatic rings. The summed E-state index contributed by atoms with van der Waals surface area (Å²) in [5.41, 5.74) is 0. The van der Waals surface area contributed by atoms with Gasteiger partial charge in [0.25, 0.3) is 0 Å². The second kappa shape index (κ2) is 4.68. The molecule has 0 rings (SSSR count). The van der Waals surface area contributed by atoms with Gasteiger partial charge in [-0.3, -0.25) is 4.79 Å². The number of ether oxygens (including phenoxy) is 1. The first-order valence-corrected chi connectivity index (χ1v) is 3.99. The number of carboxylic acids is 1. The Morgan fingerprint density at radius 2 is 2.30 bits per heavy atom. The van der Waals surface area contributed by atoms with Crippen LogP contribution < -0.4 is 0 Å². The second-order valence-corrected chi connectivity index (χ2v) is 2.89. The summed E-state index contributed by atoms with van der Waals surface area (Å²) in [5.74, 6) is -0.888. The fourth-order valence-electron chi connectivity index (χ4n) is 0.548. The van der Waals surface area contributed by atoms with Crippen LogP contribution in [0, 0.1) is 0 Å². The van der Waals surface area contributed by atoms with E-state index in [0.29, 0.717) is 6.61 Å². The summed E-state index contributed by atoms with van der Waals surface area (Å²) in [5, 5.41) is 8.45. The van der Waals surface area contributed by atoms with E-state index < -0.39 is 10.8 Å². The lowest BCUT2D eigenvalue weighted by molar-refractivity contribution is -0.138. The third kappa shape index (κ3) is 3.17. The van der Waals surface area contributed by atoms with Crippen LogP contribution in [0.25, 0.3) is 0 Å². The van der Waals surface area contributed by atoms with Crippen molar-refractivity contribution in [1.82, 2.24) is 0 Å². The highest BCUT2D eigenvalue weighted by molar-refractivity contribution is 9.10. The van der Waals surface area contributed by atoms with Gasteiger partial charge in [0, 0.05) is 6.61 Å². The summed E-state index contributed by atoms with van der Waals surface area (Å²) in [6, 6.07) is 0. The van der Waals surface area contributed by atoms with Gasteiger partial charge in [-0.1, -0.05) is 15.9 Å². The Morgan fingerprint density at radius 1 is 1.80 bits per heavy atom. The Kier molecular flexibility index (Phi) is 4.64. The normalized spacial score (nSPS) is 16.3. The first kappa shape index (κ1) is 9.91. The average Bonchev–Trinajstić information content (AvgIpc) is 1.87. The molecule has 0 amide bonds. The van der Waals surface area contributed by atoms with Gasteiger partial charge in [0.2, 0.25) is 0 Å². The Labute approximate surface area is 68.5 Å². The molecule has 4 heteroatoms. The first-order valence-electron chi connectivity index (χ1n) is 3.08. The fourth-order valence-corrected chi connectivity index (χ4v) is 0.701. The molecule has 0 radical (unpaired) electrons. The van der Waals surface area contributed by atoms with E-state index in [2.05, 4.69) is 15.9 Å². The van der Waals surface area contributed by atoms with Gasteiger partial charge in [-0.25, -0.2) is 0 Å². The standard InChI is InChI=1S/C6H11BrO3/c1-3-10-4(2)5(7)6(8)9/h4-5H,3H2,1-2H3,(H,8,9). The number of carbonyl (C=O) groups is 1. The first-order chi connectivity index (χ1) is 4.59. The summed E-state index contributed by atoms with van der Waals surface area (Å²) in [6.45, 7) is 4.09. The van der Waals surface area contributed by atoms with Crippen molar-refractivity contribution < 1.29 is 14.6 Å². The molecule has 0 saturated carbocycles. The van der Waals surface area contributed by atoms with E-state index in [0.717, 1.165) is 0 Å². The number of hydrogen-bond donors (Lipinski definition) is 1. The van der Waals surface area contributed by atoms with Crippen LogP contribution in [0.4, 0.5) is 0 Å². The number of halogens is 1. The molecule has 0 aromatic carbocycles. The molecule has 0 aliphatic carbocycles. The number of rotatable bonds is 4. The molecule has 0 heterocycles. The van der Waals surface area contributed by atoms with Crippen LogP contribution in [-0.2, 0) is 9.53 Å². The Morgan fingerprint density at radius 3 is 2.60 bits per heavy atom. The monoisotopic (exact) mass is 210 g/mol. The van der Waals surface area contributed by atoms with Gasteiger partial charge in [0.05, 0.1) is 6.10 Å². The SMILES string of the molecule is CCOC(C)C(Br)C(=O)O. The lowest BCUT2D eigenvalue weighted by atomic mass is 10.3. The van der Waals surface area contributed by atoms with Gasteiger partial charge in [-0.15, -0.1) is 0 Å². The minimum atomic E-state index is -0.888. The summed E-state index contributed by atoms with van der Waals surface area (Å²) in [6.07, 6.45) is -0.275. The molecule has 3 nitrogen and oxygen atoms in total. The highest BCUT2D eigenvalue weighted by Gasteiger charge is 2.20. The van der Waals surface area contributed by atoms with Crippen molar-refractivity contribution in [1.29, 1.82) is 0 Å². The predicted molar refractivity (Wildman–Crippen MR) is 41.4 cm³/mol. The van der Waals surface area contributed by atoms with Crippen molar-refractivity contribution in [2.75, 3.05) is 6.61 Å². The summed E-state index contributed by atoms with van der Waals surface area (Å²) >= 11 is 2.98. The minimum absolute atomic E-state index is 0.275. The van der Waals surface area contributed by atoms with Crippen molar-refractivity contribution in [3.05, 3.63) is 0 Å². The minimum Gasteiger partial charge on any atom is -0.480 e. The molecule has 0 aromatic heterocycles. The number of alkyl halides is 1. The zero-order chi connectivity index (χ0) is 8.15. The third-order valence-corrected chi connectivity index (χ3v) is 2.21. The molecule has 0 bridgehead atoms. The smallest absolute Gasteiger partial charge is 0.319 e. The summed E-state index contributed by atoms with van der Waals surface area (Å²) < 4.78 is 5.04. The molecular weight excluding hydrogens is 200 g/mol. The van der Waals surface area contributed by atoms with Crippen LogP contribution in [-0.4, -0.2) is 28.6 Å². The summed E-state index contributed by atoms with van der Waals surface area (Å²) in [7, 11) is 0. The van der Waals surface area contributed by atoms with Crippen LogP contribution >= 0.6 is 15.9 Å². The van der Waals surface area contributed by atoms with E-state index in [9.17, 15) is 4.79 Å². The quantitative estimate of drug-likeness (QED) is 0.712. The van der Waals surface area contributed by atoms with Gasteiger partial charge in [-0.05, 0) is 13.8 Å². The summed E-state index contributed by atoms with van der Waals surface area (Å²) in [4.78, 5) is 9.68. The van der Waals surface area contributed by atoms with E-state index in [-0.39, 0.29) is 6.10 Å². The third-order valence-electron chi connectivity index (χ3n) is 1.08. The Hall–Kier alpha value is -0.0900. The topological polar surface area (TPSA) is 46.5 Å². The molecule has 0 aliphatic heterocycles. The molecule has 2 unspecified atom stereocenters. The zero-order valence-corrected chi connectivity index (χ0v) is 7.59. The molecule has 0 fully saturated rings. The van der Waals surface area contributed by atoms with Gasteiger partial charge in [0.15, 0.2) is 0 Å². The lowest BCUT2D eigenvalue weighted by Crippen LogP contribution is -2.28. The van der Waals surface area contributed by atoms with E-state index in [1.807, 2.05) is 6.92 Å². The van der Waals surface area contributed by atoms with Gasteiger partial charge < -0.3 is 9.84 Å². The van der Waals surface area contributed by atoms with Crippen LogP contribution in [0.1, 0.15) is 13.8 Å². The number of aliphatic carboxylic acids is 1. The lowest BCUT2D eigenvalue weighted by Gasteiger charge is -2.13. The highest BCUT2D eigenvalue weighted by Crippen LogP contribution is 2.08. The molecule has 10 heavy (non-hydrogen) atoms. The van der Waals surface area contributed by atoms with Crippen molar-refractivity contribution in [2.24, 2.45) is 0 Å². The molecule has 1 N–H and O–H groups in total. The van der Waals surface area contributed by atoms with Crippen LogP contribution in [0.3, 0.4) is 0 Å². The van der Waals surface area contributed by atoms with E-state index >= 15 is 0 Å². The maximum absolute atomic E-state index is 10.3. The molecule has 60 valence electrons. The Bertz CT molecular complexity index is 116. The van der Waals surface area contributed by atoms with Gasteiger partial charge in [0.1, 0.15) is 4.83 Å². The fraction of sp³-hybridized carbons (Fsp3) is 0.833. The van der Waals surface area contributed by atoms with Gasteiger partial charge >= 0.3 is 5.97 Å². The molecule has 0 aliphatic rings. The number of carboxylic acid groups (broad SMARTS) is 1. The predicted octanol–water partition coefficient (Wildman–Crippen LogP) is 1.26. The largest absolute Gasteiger partial charge is 0.480 e. The molecule has 2 atom stereocenters. The highest BCUT2D eigenvalue weighted by atomic mass is 79.9. The second-order valence-electron chi connectivity index (χ2n) is 1.90. The average molecular weight is 211 g/mol. The number of hydrogen-bond acceptors (Lipinski definition) is 2. The maximum atomic E-state index is 10.3. The molecular formula is C6H11BrO3. The van der Waals surface area contributed by atoms with Crippen molar-refractivity contribution in [3.8, 4) is 0 Å². The van der Waals surface area contributed by atoms with Crippen molar-refractivity contribution in [3.63, 3.8) is 0 Å². The maximum Gasteiger partial charge on any atom is 0.319 e.